The van der Waals surface area contributed by atoms with Gasteiger partial charge in [0, 0.05) is 66.0 Å². The minimum atomic E-state index is -0.253. The highest BCUT2D eigenvalue weighted by molar-refractivity contribution is 7.30. The third kappa shape index (κ3) is 4.10. The number of fused-ring (bicyclic) bond motifs is 6. The van der Waals surface area contributed by atoms with E-state index in [-0.39, 0.29) is 16.9 Å². The number of ketones is 1. The number of hydrogen-bond donors (Lipinski definition) is 0. The summed E-state index contributed by atoms with van der Waals surface area (Å²) < 4.78 is 2.38. The maximum Gasteiger partial charge on any atom is 0.270 e. The van der Waals surface area contributed by atoms with Crippen LogP contribution >= 0.6 is 22.7 Å². The minimum absolute atomic E-state index is 0.0625. The van der Waals surface area contributed by atoms with Gasteiger partial charge in [-0.1, -0.05) is 62.4 Å². The first-order valence-electron chi connectivity index (χ1n) is 14.8. The number of aromatic nitrogens is 1. The predicted octanol–water partition coefficient (Wildman–Crippen LogP) is 10.6. The van der Waals surface area contributed by atoms with Crippen LogP contribution in [-0.4, -0.2) is 10.8 Å². The zero-order chi connectivity index (χ0) is 31.6. The normalized spacial score (nSPS) is 16.1. The van der Waals surface area contributed by atoms with Crippen molar-refractivity contribution in [1.82, 2.24) is 4.98 Å². The van der Waals surface area contributed by atoms with Crippen molar-refractivity contribution in [3.05, 3.63) is 153 Å². The van der Waals surface area contributed by atoms with E-state index in [0.29, 0.717) is 22.3 Å². The standard InChI is InChI=1S/C39H24N4OS2/c1-39(2)31-19-25(43(23-9-5-4-6-10-23)24-15-17-42-18-16-24)13-14-29(31)37-35(39)38-33(46-37)21-26(45-38)20-30-34(32(22-40)41-3)27-11-7-8-12-28(27)36(30)44/h4-21H,1-2H3/b30-20-,34-32-. The molecule has 0 fully saturated rings. The number of carbonyl (C=O) groups excluding carboxylic acids is 1. The van der Waals surface area contributed by atoms with Crippen LogP contribution in [0.2, 0.25) is 0 Å². The molecule has 0 amide bonds. The summed E-state index contributed by atoms with van der Waals surface area (Å²) in [7, 11) is 0. The Morgan fingerprint density at radius 1 is 0.891 bits per heavy atom. The summed E-state index contributed by atoms with van der Waals surface area (Å²) in [4.78, 5) is 25.7. The van der Waals surface area contributed by atoms with Crippen LogP contribution in [0.25, 0.3) is 36.3 Å². The van der Waals surface area contributed by atoms with E-state index < -0.39 is 0 Å². The van der Waals surface area contributed by atoms with Gasteiger partial charge in [0.1, 0.15) is 0 Å². The summed E-state index contributed by atoms with van der Waals surface area (Å²) in [5, 5.41) is 9.73. The molecule has 46 heavy (non-hydrogen) atoms. The van der Waals surface area contributed by atoms with E-state index >= 15 is 0 Å². The maximum atomic E-state index is 13.5. The topological polar surface area (TPSA) is 61.4 Å². The average molecular weight is 629 g/mol. The number of Topliss-reactive ketones (excluding diaryl/α,β-unsaturated/α-hetero) is 1. The van der Waals surface area contributed by atoms with E-state index in [1.165, 1.54) is 31.0 Å². The highest BCUT2D eigenvalue weighted by Crippen LogP contribution is 2.58. The fraction of sp³-hybridized carbons (Fsp3) is 0.0769. The van der Waals surface area contributed by atoms with Crippen molar-refractivity contribution in [3.8, 4) is 16.5 Å². The average Bonchev–Trinajstić information content (AvgIpc) is 3.77. The Bertz CT molecular complexity index is 2330. The predicted molar refractivity (Wildman–Crippen MR) is 188 cm³/mol. The molecule has 218 valence electrons. The zero-order valence-corrected chi connectivity index (χ0v) is 26.5. The Balaban J connectivity index is 1.23. The monoisotopic (exact) mass is 628 g/mol. The first-order valence-corrected chi connectivity index (χ1v) is 16.4. The van der Waals surface area contributed by atoms with Gasteiger partial charge in [0.15, 0.2) is 5.78 Å². The molecule has 5 nitrogen and oxygen atoms in total. The van der Waals surface area contributed by atoms with Crippen LogP contribution in [0.3, 0.4) is 0 Å². The Kier molecular flexibility index (Phi) is 6.37. The van der Waals surface area contributed by atoms with Gasteiger partial charge >= 0.3 is 0 Å². The van der Waals surface area contributed by atoms with Crippen molar-refractivity contribution in [2.75, 3.05) is 4.90 Å². The molecule has 7 heteroatoms. The lowest BCUT2D eigenvalue weighted by Gasteiger charge is -2.28. The van der Waals surface area contributed by atoms with Crippen LogP contribution in [-0.2, 0) is 5.41 Å². The number of hydrogen-bond acceptors (Lipinski definition) is 6. The van der Waals surface area contributed by atoms with Crippen LogP contribution in [0.1, 0.15) is 45.8 Å². The molecule has 3 heterocycles. The molecule has 8 rings (SSSR count). The molecule has 6 aromatic rings. The van der Waals surface area contributed by atoms with Gasteiger partial charge in [-0.3, -0.25) is 9.78 Å². The van der Waals surface area contributed by atoms with Gasteiger partial charge in [-0.05, 0) is 70.8 Å². The third-order valence-electron chi connectivity index (χ3n) is 8.82. The molecule has 0 radical (unpaired) electrons. The van der Waals surface area contributed by atoms with Gasteiger partial charge in [-0.15, -0.1) is 22.7 Å². The summed E-state index contributed by atoms with van der Waals surface area (Å²) in [5.41, 5.74) is 8.73. The van der Waals surface area contributed by atoms with Crippen LogP contribution in [0, 0.1) is 17.9 Å². The first-order chi connectivity index (χ1) is 22.4. The lowest BCUT2D eigenvalue weighted by atomic mass is 9.82. The van der Waals surface area contributed by atoms with Gasteiger partial charge in [0.25, 0.3) is 5.70 Å². The van der Waals surface area contributed by atoms with Crippen LogP contribution < -0.4 is 4.90 Å². The molecule has 0 spiro atoms. The molecular weight excluding hydrogens is 605 g/mol. The fourth-order valence-corrected chi connectivity index (χ4v) is 9.69. The molecule has 0 atom stereocenters. The third-order valence-corrected chi connectivity index (χ3v) is 11.2. The summed E-state index contributed by atoms with van der Waals surface area (Å²) in [6, 6.07) is 32.6. The Morgan fingerprint density at radius 3 is 2.35 bits per heavy atom. The number of pyridine rings is 1. The van der Waals surface area contributed by atoms with Crippen LogP contribution in [0.4, 0.5) is 17.1 Å². The molecule has 0 aliphatic heterocycles. The lowest BCUT2D eigenvalue weighted by molar-refractivity contribution is 0.104. The van der Waals surface area contributed by atoms with Crippen molar-refractivity contribution in [3.63, 3.8) is 0 Å². The SMILES string of the molecule is [C-]#[N+]/C(C#N)=C1\C(=C\c2cc3sc4c(c3s2)C(C)(C)c2cc(N(c3ccccc3)c3ccncc3)ccc2-4)C(=O)c2ccccc21. The summed E-state index contributed by atoms with van der Waals surface area (Å²) in [6.45, 7) is 12.2. The van der Waals surface area contributed by atoms with E-state index in [1.54, 1.807) is 28.7 Å². The maximum absolute atomic E-state index is 13.5. The second-order valence-electron chi connectivity index (χ2n) is 11.8. The minimum Gasteiger partial charge on any atom is -0.310 e. The van der Waals surface area contributed by atoms with Crippen molar-refractivity contribution in [1.29, 1.82) is 5.26 Å². The number of nitrogens with zero attached hydrogens (tertiary/aromatic N) is 4. The number of allylic oxidation sites excluding steroid dienone is 3. The fourth-order valence-electron chi connectivity index (χ4n) is 6.75. The number of carbonyl (C=O) groups is 1. The second-order valence-corrected chi connectivity index (χ2v) is 13.9. The van der Waals surface area contributed by atoms with E-state index in [1.807, 2.05) is 60.9 Å². The van der Waals surface area contributed by atoms with Crippen LogP contribution in [0.5, 0.6) is 0 Å². The van der Waals surface area contributed by atoms with Gasteiger partial charge in [0.05, 0.1) is 17.3 Å². The van der Waals surface area contributed by atoms with E-state index in [2.05, 4.69) is 77.1 Å². The number of benzene rings is 3. The molecule has 0 bridgehead atoms. The van der Waals surface area contributed by atoms with Gasteiger partial charge in [0.2, 0.25) is 0 Å². The lowest BCUT2D eigenvalue weighted by Crippen LogP contribution is -2.16. The van der Waals surface area contributed by atoms with Crippen molar-refractivity contribution >= 4 is 66.6 Å². The van der Waals surface area contributed by atoms with Crippen molar-refractivity contribution in [2.45, 2.75) is 19.3 Å². The molecule has 0 saturated heterocycles. The summed E-state index contributed by atoms with van der Waals surface area (Å²) in [6.07, 6.45) is 5.50. The number of rotatable bonds is 4. The second kappa shape index (κ2) is 10.5. The Morgan fingerprint density at radius 2 is 1.61 bits per heavy atom. The summed E-state index contributed by atoms with van der Waals surface area (Å²) >= 11 is 3.45. The summed E-state index contributed by atoms with van der Waals surface area (Å²) in [5.74, 6) is -0.151. The van der Waals surface area contributed by atoms with E-state index in [9.17, 15) is 10.1 Å². The number of para-hydroxylation sites is 1. The molecule has 3 aromatic heterocycles. The highest BCUT2D eigenvalue weighted by Gasteiger charge is 2.40. The number of thiophene rings is 2. The smallest absolute Gasteiger partial charge is 0.270 e. The van der Waals surface area contributed by atoms with Gasteiger partial charge < -0.3 is 4.90 Å². The molecule has 0 N–H and O–H groups in total. The van der Waals surface area contributed by atoms with E-state index in [4.69, 9.17) is 6.57 Å². The molecular formula is C39H24N4OS2. The first kappa shape index (κ1) is 27.9. The van der Waals surface area contributed by atoms with Crippen molar-refractivity contribution in [2.24, 2.45) is 0 Å². The molecule has 0 saturated carbocycles. The molecule has 2 aliphatic rings. The quantitative estimate of drug-likeness (QED) is 0.111. The molecule has 2 aliphatic carbocycles. The van der Waals surface area contributed by atoms with E-state index in [0.717, 1.165) is 21.9 Å². The van der Waals surface area contributed by atoms with Crippen molar-refractivity contribution < 1.29 is 4.79 Å². The highest BCUT2D eigenvalue weighted by atomic mass is 32.1. The number of anilines is 3. The largest absolute Gasteiger partial charge is 0.310 e. The Labute approximate surface area is 274 Å². The van der Waals surface area contributed by atoms with Crippen LogP contribution in [0.15, 0.2) is 115 Å². The number of nitriles is 1. The van der Waals surface area contributed by atoms with Gasteiger partial charge in [-0.25, -0.2) is 10.1 Å². The molecule has 3 aromatic carbocycles. The molecule has 0 unspecified atom stereocenters. The van der Waals surface area contributed by atoms with Gasteiger partial charge in [-0.2, -0.15) is 0 Å². The Hall–Kier alpha value is -5.60. The zero-order valence-electron chi connectivity index (χ0n) is 24.9.